The Morgan fingerprint density at radius 1 is 1.17 bits per heavy atom. The van der Waals surface area contributed by atoms with E-state index in [0.717, 1.165) is 37.9 Å². The summed E-state index contributed by atoms with van der Waals surface area (Å²) in [5.74, 6) is 2.75. The zero-order chi connectivity index (χ0) is 20.9. The van der Waals surface area contributed by atoms with E-state index in [1.54, 1.807) is 6.92 Å². The zero-order valence-electron chi connectivity index (χ0n) is 17.9. The summed E-state index contributed by atoms with van der Waals surface area (Å²) in [6, 6.07) is 16.9. The summed E-state index contributed by atoms with van der Waals surface area (Å²) in [6.07, 6.45) is 4.87. The van der Waals surface area contributed by atoms with Crippen LogP contribution in [0.1, 0.15) is 62.1 Å². The fraction of sp³-hybridized carbons (Fsp3) is 0.444. The number of allylic oxidation sites excluding steroid dienone is 2. The van der Waals surface area contributed by atoms with Crippen LogP contribution >= 0.6 is 0 Å². The number of ether oxygens (including phenoxy) is 1. The maximum Gasteiger partial charge on any atom is 0.168 e. The molecule has 2 fully saturated rings. The van der Waals surface area contributed by atoms with Gasteiger partial charge >= 0.3 is 0 Å². The molecule has 0 aliphatic heterocycles. The van der Waals surface area contributed by atoms with Crippen LogP contribution in [-0.2, 0) is 17.8 Å². The molecule has 5 rings (SSSR count). The fourth-order valence-electron chi connectivity index (χ4n) is 6.34. The normalized spacial score (nSPS) is 31.5. The summed E-state index contributed by atoms with van der Waals surface area (Å²) >= 11 is 0. The molecule has 0 bridgehead atoms. The molecule has 2 aromatic carbocycles. The number of ketones is 1. The molecular formula is C27H30O3. The van der Waals surface area contributed by atoms with Gasteiger partial charge in [-0.25, -0.2) is 0 Å². The maximum atomic E-state index is 13.0. The third kappa shape index (κ3) is 3.07. The van der Waals surface area contributed by atoms with E-state index < -0.39 is 0 Å². The topological polar surface area (TPSA) is 46.5 Å². The molecule has 3 heteroatoms. The number of fused-ring (bicyclic) bond motifs is 5. The molecule has 3 aliphatic rings. The fourth-order valence-corrected chi connectivity index (χ4v) is 6.34. The molecule has 3 nitrogen and oxygen atoms in total. The number of benzene rings is 2. The number of aliphatic hydroxyl groups excluding tert-OH is 1. The molecule has 0 spiro atoms. The summed E-state index contributed by atoms with van der Waals surface area (Å²) in [5.41, 5.74) is 4.42. The molecule has 3 unspecified atom stereocenters. The van der Waals surface area contributed by atoms with Crippen molar-refractivity contribution < 1.29 is 14.6 Å². The molecule has 0 heterocycles. The Morgan fingerprint density at radius 2 is 1.97 bits per heavy atom. The summed E-state index contributed by atoms with van der Waals surface area (Å²) in [4.78, 5) is 13.0. The average molecular weight is 403 g/mol. The molecule has 3 aliphatic carbocycles. The highest BCUT2D eigenvalue weighted by Crippen LogP contribution is 2.61. The van der Waals surface area contributed by atoms with E-state index in [0.29, 0.717) is 29.9 Å². The van der Waals surface area contributed by atoms with Gasteiger partial charge in [-0.15, -0.1) is 0 Å². The van der Waals surface area contributed by atoms with Gasteiger partial charge in [-0.2, -0.15) is 0 Å². The van der Waals surface area contributed by atoms with Gasteiger partial charge < -0.3 is 9.84 Å². The van der Waals surface area contributed by atoms with E-state index in [1.807, 2.05) is 18.2 Å². The van der Waals surface area contributed by atoms with Crippen LogP contribution < -0.4 is 4.74 Å². The lowest BCUT2D eigenvalue weighted by molar-refractivity contribution is -0.127. The van der Waals surface area contributed by atoms with Gasteiger partial charge in [0.1, 0.15) is 12.4 Å². The second-order valence-electron chi connectivity index (χ2n) is 9.60. The number of carbonyl (C=O) groups excluding carboxylic acids is 1. The zero-order valence-corrected chi connectivity index (χ0v) is 17.9. The number of hydrogen-bond acceptors (Lipinski definition) is 3. The minimum atomic E-state index is -0.295. The lowest BCUT2D eigenvalue weighted by atomic mass is 9.55. The van der Waals surface area contributed by atoms with Crippen LogP contribution in [0.2, 0.25) is 0 Å². The molecule has 30 heavy (non-hydrogen) atoms. The Bertz CT molecular complexity index is 1000. The molecule has 0 radical (unpaired) electrons. The van der Waals surface area contributed by atoms with Gasteiger partial charge in [0.05, 0.1) is 5.76 Å². The predicted octanol–water partition coefficient (Wildman–Crippen LogP) is 6.13. The Morgan fingerprint density at radius 3 is 2.73 bits per heavy atom. The molecular weight excluding hydrogens is 372 g/mol. The summed E-state index contributed by atoms with van der Waals surface area (Å²) in [6.45, 7) is 4.39. The number of aliphatic hydroxyl groups is 1. The Labute approximate surface area is 178 Å². The lowest BCUT2D eigenvalue weighted by Crippen LogP contribution is -2.42. The van der Waals surface area contributed by atoms with Gasteiger partial charge in [0.25, 0.3) is 0 Å². The minimum absolute atomic E-state index is 0.196. The van der Waals surface area contributed by atoms with Gasteiger partial charge in [-0.05, 0) is 85.6 Å². The Kier molecular flexibility index (Phi) is 4.72. The van der Waals surface area contributed by atoms with Crippen molar-refractivity contribution in [3.05, 3.63) is 76.6 Å². The van der Waals surface area contributed by atoms with Gasteiger partial charge in [0, 0.05) is 11.0 Å². The first kappa shape index (κ1) is 19.4. The van der Waals surface area contributed by atoms with Crippen LogP contribution in [0.15, 0.2) is 59.9 Å². The summed E-state index contributed by atoms with van der Waals surface area (Å²) < 4.78 is 6.06. The van der Waals surface area contributed by atoms with Crippen molar-refractivity contribution in [2.45, 2.75) is 58.5 Å². The van der Waals surface area contributed by atoms with E-state index in [2.05, 4.69) is 37.3 Å². The molecule has 1 N–H and O–H groups in total. The van der Waals surface area contributed by atoms with Crippen molar-refractivity contribution in [1.82, 2.24) is 0 Å². The van der Waals surface area contributed by atoms with Gasteiger partial charge in [0.15, 0.2) is 5.78 Å². The second-order valence-corrected chi connectivity index (χ2v) is 9.60. The monoisotopic (exact) mass is 402 g/mol. The highest BCUT2D eigenvalue weighted by atomic mass is 16.5. The van der Waals surface area contributed by atoms with Gasteiger partial charge in [-0.3, -0.25) is 4.79 Å². The maximum absolute atomic E-state index is 13.0. The quantitative estimate of drug-likeness (QED) is 0.496. The Hall–Kier alpha value is -2.55. The summed E-state index contributed by atoms with van der Waals surface area (Å²) in [5, 5.41) is 10.0. The minimum Gasteiger partial charge on any atom is -0.512 e. The Balaban J connectivity index is 1.37. The van der Waals surface area contributed by atoms with Crippen LogP contribution in [0.3, 0.4) is 0 Å². The van der Waals surface area contributed by atoms with Gasteiger partial charge in [-0.1, -0.05) is 43.3 Å². The largest absolute Gasteiger partial charge is 0.512 e. The van der Waals surface area contributed by atoms with E-state index in [9.17, 15) is 9.90 Å². The van der Waals surface area contributed by atoms with Crippen LogP contribution in [-0.4, -0.2) is 10.9 Å². The van der Waals surface area contributed by atoms with Crippen LogP contribution in [0.5, 0.6) is 5.75 Å². The molecule has 2 aromatic rings. The van der Waals surface area contributed by atoms with Gasteiger partial charge in [0.2, 0.25) is 0 Å². The first-order valence-corrected chi connectivity index (χ1v) is 11.2. The van der Waals surface area contributed by atoms with E-state index in [4.69, 9.17) is 4.74 Å². The third-order valence-corrected chi connectivity index (χ3v) is 7.99. The van der Waals surface area contributed by atoms with Crippen molar-refractivity contribution in [1.29, 1.82) is 0 Å². The SMILES string of the molecule is C/C(O)=C1\CC2C3CCc4cc(OCc5ccccc5)ccc4C3CC[C@]2(C)C1=O. The van der Waals surface area contributed by atoms with Crippen molar-refractivity contribution in [2.24, 2.45) is 17.3 Å². The lowest BCUT2D eigenvalue weighted by Gasteiger charge is -2.48. The number of carbonyl (C=O) groups is 1. The molecule has 156 valence electrons. The van der Waals surface area contributed by atoms with Crippen molar-refractivity contribution in [2.75, 3.05) is 0 Å². The number of Topliss-reactive ketones (excluding diaryl/α,β-unsaturated/α-hetero) is 1. The van der Waals surface area contributed by atoms with Crippen molar-refractivity contribution in [3.63, 3.8) is 0 Å². The molecule has 0 saturated heterocycles. The number of aryl methyl sites for hydroxylation is 1. The van der Waals surface area contributed by atoms with Crippen molar-refractivity contribution in [3.8, 4) is 5.75 Å². The van der Waals surface area contributed by atoms with Crippen LogP contribution in [0.4, 0.5) is 0 Å². The number of hydrogen-bond donors (Lipinski definition) is 1. The molecule has 4 atom stereocenters. The van der Waals surface area contributed by atoms with E-state index in [1.165, 1.54) is 16.7 Å². The third-order valence-electron chi connectivity index (χ3n) is 7.99. The molecule has 0 aromatic heterocycles. The van der Waals surface area contributed by atoms with Crippen LogP contribution in [0.25, 0.3) is 0 Å². The van der Waals surface area contributed by atoms with Crippen molar-refractivity contribution >= 4 is 5.78 Å². The number of rotatable bonds is 3. The summed E-state index contributed by atoms with van der Waals surface area (Å²) in [7, 11) is 0. The predicted molar refractivity (Wildman–Crippen MR) is 118 cm³/mol. The highest BCUT2D eigenvalue weighted by molar-refractivity contribution is 6.02. The standard InChI is InChI=1S/C27H30O3/c1-17(28)24-15-25-23-10-8-19-14-20(30-16-18-6-4-3-5-7-18)9-11-21(19)22(23)12-13-27(25,2)26(24)29/h3-7,9,11,14,22-23,25,28H,8,10,12-13,15-16H2,1-2H3/b24-17-/t22?,23?,25?,27-/m0/s1. The van der Waals surface area contributed by atoms with E-state index >= 15 is 0 Å². The van der Waals surface area contributed by atoms with Crippen LogP contribution in [0, 0.1) is 17.3 Å². The highest BCUT2D eigenvalue weighted by Gasteiger charge is 2.56. The molecule has 0 amide bonds. The second kappa shape index (κ2) is 7.30. The molecule has 2 saturated carbocycles. The van der Waals surface area contributed by atoms with E-state index in [-0.39, 0.29) is 17.0 Å². The average Bonchev–Trinajstić information content (AvgIpc) is 3.04. The smallest absolute Gasteiger partial charge is 0.168 e. The first-order chi connectivity index (χ1) is 14.5. The first-order valence-electron chi connectivity index (χ1n) is 11.2.